The van der Waals surface area contributed by atoms with E-state index in [1.165, 1.54) is 64.2 Å². The third kappa shape index (κ3) is 3.90. The van der Waals surface area contributed by atoms with Gasteiger partial charge in [0.1, 0.15) is 0 Å². The number of rotatable bonds is 3. The predicted molar refractivity (Wildman–Crippen MR) is 83.0 cm³/mol. The van der Waals surface area contributed by atoms with Crippen molar-refractivity contribution in [2.24, 2.45) is 0 Å². The molecule has 0 radical (unpaired) electrons. The topological polar surface area (TPSA) is 0 Å². The Morgan fingerprint density at radius 3 is 1.56 bits per heavy atom. The quantitative estimate of drug-likeness (QED) is 0.400. The summed E-state index contributed by atoms with van der Waals surface area (Å²) in [5.74, 6) is 0. The van der Waals surface area contributed by atoms with Crippen molar-refractivity contribution in [2.45, 2.75) is 75.5 Å². The molecule has 18 heavy (non-hydrogen) atoms. The van der Waals surface area contributed by atoms with Crippen LogP contribution in [0.1, 0.15) is 64.2 Å². The molecule has 0 aromatic carbocycles. The molecule has 0 unspecified atom stereocenters. The molecule has 107 valence electrons. The van der Waals surface area contributed by atoms with Crippen LogP contribution < -0.4 is 0 Å². The van der Waals surface area contributed by atoms with Gasteiger partial charge in [-0.3, -0.25) is 0 Å². The summed E-state index contributed by atoms with van der Waals surface area (Å²) in [5, 5.41) is 0. The summed E-state index contributed by atoms with van der Waals surface area (Å²) in [6.45, 7) is 3.85. The zero-order valence-electron chi connectivity index (χ0n) is 11.0. The number of hydrogen-bond acceptors (Lipinski definition) is 0. The van der Waals surface area contributed by atoms with E-state index in [2.05, 4.69) is 10.8 Å². The van der Waals surface area contributed by atoms with Crippen LogP contribution in [0.15, 0.2) is 6.58 Å². The van der Waals surface area contributed by atoms with Gasteiger partial charge in [0, 0.05) is 0 Å². The van der Waals surface area contributed by atoms with E-state index in [1.54, 1.807) is 0 Å². The van der Waals surface area contributed by atoms with Crippen LogP contribution in [0.5, 0.6) is 0 Å². The van der Waals surface area contributed by atoms with Crippen LogP contribution in [-0.2, 0) is 11.9 Å². The maximum absolute atomic E-state index is 6.74. The summed E-state index contributed by atoms with van der Waals surface area (Å²) in [5.41, 5.74) is 1.65. The van der Waals surface area contributed by atoms with Crippen LogP contribution in [0.2, 0.25) is 0 Å². The Morgan fingerprint density at radius 1 is 0.833 bits per heavy atom. The predicted octanol–water partition coefficient (Wildman–Crippen LogP) is 6.10. The third-order valence-electron chi connectivity index (χ3n) is 4.21. The van der Waals surface area contributed by atoms with Crippen LogP contribution in [0, 0.1) is 0 Å². The second-order valence-corrected chi connectivity index (χ2v) is 23.3. The molecular formula is C14H24Cl2PRu. The van der Waals surface area contributed by atoms with Crippen molar-refractivity contribution in [1.29, 1.82) is 0 Å². The Hall–Kier alpha value is 1.28. The summed E-state index contributed by atoms with van der Waals surface area (Å²) < 4.78 is 3.12. The SMILES string of the molecule is C=[C]=[Ru]([Cl])([Cl])[P](C1CCCCC1)C1CCCCC1. The van der Waals surface area contributed by atoms with Gasteiger partial charge in [-0.15, -0.1) is 0 Å². The molecule has 2 saturated carbocycles. The first-order chi connectivity index (χ1) is 8.65. The second kappa shape index (κ2) is 7.34. The van der Waals surface area contributed by atoms with Gasteiger partial charge < -0.3 is 0 Å². The number of hydrogen-bond donors (Lipinski definition) is 0. The normalized spacial score (nSPS) is 25.1. The van der Waals surface area contributed by atoms with Gasteiger partial charge in [-0.05, 0) is 0 Å². The van der Waals surface area contributed by atoms with Crippen molar-refractivity contribution >= 4 is 29.9 Å². The molecular weight excluding hydrogens is 371 g/mol. The Kier molecular flexibility index (Phi) is 6.39. The van der Waals surface area contributed by atoms with Gasteiger partial charge in [0.15, 0.2) is 0 Å². The monoisotopic (exact) mass is 395 g/mol. The summed E-state index contributed by atoms with van der Waals surface area (Å²) in [4.78, 5) is 0. The Bertz CT molecular complexity index is 316. The molecule has 0 bridgehead atoms. The molecule has 0 nitrogen and oxygen atoms in total. The summed E-state index contributed by atoms with van der Waals surface area (Å²) in [6.07, 6.45) is 13.6. The Labute approximate surface area is 123 Å². The summed E-state index contributed by atoms with van der Waals surface area (Å²) in [7, 11) is 13.5. The third-order valence-corrected chi connectivity index (χ3v) is 21.7. The fraction of sp³-hybridized carbons (Fsp3) is 0.857. The van der Waals surface area contributed by atoms with Crippen molar-refractivity contribution in [2.75, 3.05) is 0 Å². The first-order valence-electron chi connectivity index (χ1n) is 7.11. The summed E-state index contributed by atoms with van der Waals surface area (Å²) in [6, 6.07) is 0. The van der Waals surface area contributed by atoms with E-state index in [1.807, 2.05) is 0 Å². The average molecular weight is 395 g/mol. The Morgan fingerprint density at radius 2 is 1.22 bits per heavy atom. The van der Waals surface area contributed by atoms with Gasteiger partial charge in [-0.1, -0.05) is 0 Å². The van der Waals surface area contributed by atoms with Gasteiger partial charge in [0.25, 0.3) is 0 Å². The number of halogens is 2. The first-order valence-corrected chi connectivity index (χ1v) is 16.1. The van der Waals surface area contributed by atoms with Crippen molar-refractivity contribution in [3.05, 3.63) is 6.58 Å². The van der Waals surface area contributed by atoms with Crippen LogP contribution in [0.25, 0.3) is 0 Å². The van der Waals surface area contributed by atoms with Crippen molar-refractivity contribution in [1.82, 2.24) is 0 Å². The van der Waals surface area contributed by atoms with E-state index in [-0.39, 0.29) is 6.25 Å². The minimum absolute atomic E-state index is 0.213. The van der Waals surface area contributed by atoms with E-state index in [4.69, 9.17) is 19.4 Å². The van der Waals surface area contributed by atoms with Crippen LogP contribution in [-0.4, -0.2) is 15.6 Å². The molecule has 0 atom stereocenters. The minimum atomic E-state index is -2.68. The van der Waals surface area contributed by atoms with E-state index in [0.29, 0.717) is 0 Å². The standard InChI is InChI=1S/C12H22P.C2H2.2ClH.Ru/c1-3-7-11(8-4-1)13-12-9-5-2-6-10-12;1-2;;;/h11-12H,1-10H2;1H2;2*1H;/q-1;;;;+3/p-2. The van der Waals surface area contributed by atoms with Gasteiger partial charge in [-0.2, -0.15) is 0 Å². The van der Waals surface area contributed by atoms with Gasteiger partial charge in [0.2, 0.25) is 0 Å². The molecule has 2 rings (SSSR count). The Balaban J connectivity index is 2.18. The van der Waals surface area contributed by atoms with Crippen molar-refractivity contribution < 1.29 is 11.9 Å². The van der Waals surface area contributed by atoms with Gasteiger partial charge >= 0.3 is 124 Å². The molecule has 2 aliphatic rings. The van der Waals surface area contributed by atoms with Crippen LogP contribution in [0.4, 0.5) is 0 Å². The van der Waals surface area contributed by atoms with E-state index in [9.17, 15) is 0 Å². The molecule has 0 aliphatic heterocycles. The molecule has 0 aromatic rings. The zero-order valence-corrected chi connectivity index (χ0v) is 15.1. The van der Waals surface area contributed by atoms with Crippen molar-refractivity contribution in [3.8, 4) is 0 Å². The van der Waals surface area contributed by atoms with Crippen LogP contribution >= 0.6 is 25.6 Å². The molecule has 0 heterocycles. The van der Waals surface area contributed by atoms with Crippen molar-refractivity contribution in [3.63, 3.8) is 0 Å². The fourth-order valence-electron chi connectivity index (χ4n) is 3.33. The van der Waals surface area contributed by atoms with E-state index in [0.717, 1.165) is 11.3 Å². The van der Waals surface area contributed by atoms with Gasteiger partial charge in [-0.25, -0.2) is 0 Å². The second-order valence-electron chi connectivity index (χ2n) is 5.42. The molecule has 2 fully saturated rings. The first kappa shape index (κ1) is 15.7. The zero-order chi connectivity index (χ0) is 13.0. The average Bonchev–Trinajstić information content (AvgIpc) is 2.41. The van der Waals surface area contributed by atoms with E-state index >= 15 is 0 Å². The molecule has 0 spiro atoms. The van der Waals surface area contributed by atoms with Gasteiger partial charge in [0.05, 0.1) is 0 Å². The van der Waals surface area contributed by atoms with E-state index < -0.39 is 11.9 Å². The molecule has 0 amide bonds. The summed E-state index contributed by atoms with van der Waals surface area (Å²) >= 11 is -2.68. The molecule has 0 saturated heterocycles. The fourth-order valence-corrected chi connectivity index (χ4v) is 21.8. The van der Waals surface area contributed by atoms with Crippen LogP contribution in [0.3, 0.4) is 0 Å². The molecule has 0 aromatic heterocycles. The molecule has 0 N–H and O–H groups in total. The molecule has 4 heteroatoms. The molecule has 2 aliphatic carbocycles. The maximum atomic E-state index is 6.74.